The summed E-state index contributed by atoms with van der Waals surface area (Å²) < 4.78 is 0. The maximum atomic E-state index is 12.9. The summed E-state index contributed by atoms with van der Waals surface area (Å²) in [6, 6.07) is 9.43. The van der Waals surface area contributed by atoms with Gasteiger partial charge in [0.05, 0.1) is 11.6 Å². The van der Waals surface area contributed by atoms with E-state index in [1.807, 2.05) is 6.07 Å². The number of nitrogens with zero attached hydrogens (tertiary/aromatic N) is 3. The molecule has 0 aliphatic carbocycles. The Kier molecular flexibility index (Phi) is 7.24. The van der Waals surface area contributed by atoms with E-state index < -0.39 is 17.7 Å². The summed E-state index contributed by atoms with van der Waals surface area (Å²) in [6.45, 7) is 7.29. The molecule has 0 saturated carbocycles. The monoisotopic (exact) mass is 427 g/mol. The first-order valence-electron chi connectivity index (χ1n) is 10.1. The van der Waals surface area contributed by atoms with Gasteiger partial charge < -0.3 is 14.9 Å². The third-order valence-electron chi connectivity index (χ3n) is 5.43. The van der Waals surface area contributed by atoms with Crippen molar-refractivity contribution in [2.45, 2.75) is 26.3 Å². The first kappa shape index (κ1) is 22.0. The fourth-order valence-electron chi connectivity index (χ4n) is 3.76. The van der Waals surface area contributed by atoms with Gasteiger partial charge >= 0.3 is 0 Å². The number of carbonyl (C=O) groups is 2. The lowest BCUT2D eigenvalue weighted by Crippen LogP contribution is -2.33. The molecule has 1 N–H and O–H groups in total. The second kappa shape index (κ2) is 9.87. The minimum absolute atomic E-state index is 0.0816. The third kappa shape index (κ3) is 4.55. The molecule has 1 atom stereocenters. The van der Waals surface area contributed by atoms with Gasteiger partial charge in [-0.05, 0) is 62.0 Å². The number of halogens is 1. The van der Waals surface area contributed by atoms with Crippen molar-refractivity contribution in [3.8, 4) is 0 Å². The SMILES string of the molecule is CCN(CC)CCCN1C(=O)C(=O)/C(=C(\O)c2ccc(Cl)cc2)C1c1cccnc1. The molecule has 1 aromatic carbocycles. The first-order chi connectivity index (χ1) is 14.5. The Balaban J connectivity index is 1.99. The number of hydrogen-bond acceptors (Lipinski definition) is 5. The molecule has 6 nitrogen and oxygen atoms in total. The molecule has 2 heterocycles. The molecule has 3 rings (SSSR count). The molecule has 2 aromatic rings. The minimum atomic E-state index is -0.681. The van der Waals surface area contributed by atoms with E-state index in [0.29, 0.717) is 22.7 Å². The highest BCUT2D eigenvalue weighted by atomic mass is 35.5. The summed E-state index contributed by atoms with van der Waals surface area (Å²) in [5, 5.41) is 11.5. The van der Waals surface area contributed by atoms with Gasteiger partial charge in [-0.15, -0.1) is 0 Å². The topological polar surface area (TPSA) is 73.7 Å². The normalized spacial score (nSPS) is 18.4. The summed E-state index contributed by atoms with van der Waals surface area (Å²) in [4.78, 5) is 33.8. The number of hydrogen-bond donors (Lipinski definition) is 1. The molecule has 0 bridgehead atoms. The number of carbonyl (C=O) groups excluding carboxylic acids is 2. The summed E-state index contributed by atoms with van der Waals surface area (Å²) >= 11 is 5.94. The zero-order valence-corrected chi connectivity index (χ0v) is 18.0. The molecule has 7 heteroatoms. The minimum Gasteiger partial charge on any atom is -0.507 e. The van der Waals surface area contributed by atoms with Crippen molar-refractivity contribution in [3.05, 3.63) is 70.5 Å². The van der Waals surface area contributed by atoms with E-state index in [4.69, 9.17) is 11.6 Å². The maximum absolute atomic E-state index is 12.9. The summed E-state index contributed by atoms with van der Waals surface area (Å²) in [5.74, 6) is -1.48. The number of rotatable bonds is 8. The highest BCUT2D eigenvalue weighted by Gasteiger charge is 2.45. The second-order valence-electron chi connectivity index (χ2n) is 7.17. The van der Waals surface area contributed by atoms with Gasteiger partial charge in [-0.2, -0.15) is 0 Å². The summed E-state index contributed by atoms with van der Waals surface area (Å²) in [7, 11) is 0. The van der Waals surface area contributed by atoms with Crippen LogP contribution in [0.1, 0.15) is 37.4 Å². The number of Topliss-reactive ketones (excluding diaryl/α,β-unsaturated/α-hetero) is 1. The number of aliphatic hydroxyl groups excluding tert-OH is 1. The van der Waals surface area contributed by atoms with Crippen LogP contribution in [0, 0.1) is 0 Å². The van der Waals surface area contributed by atoms with Crippen molar-refractivity contribution in [2.24, 2.45) is 0 Å². The van der Waals surface area contributed by atoms with E-state index in [1.54, 1.807) is 47.6 Å². The van der Waals surface area contributed by atoms with Gasteiger partial charge in [0.15, 0.2) is 0 Å². The van der Waals surface area contributed by atoms with E-state index in [0.717, 1.165) is 26.1 Å². The number of likely N-dealkylation sites (tertiary alicyclic amines) is 1. The fourth-order valence-corrected chi connectivity index (χ4v) is 3.89. The second-order valence-corrected chi connectivity index (χ2v) is 7.60. The molecule has 30 heavy (non-hydrogen) atoms. The zero-order chi connectivity index (χ0) is 21.7. The molecule has 1 amide bonds. The standard InChI is InChI=1S/C23H26ClN3O3/c1-3-26(4-2)13-6-14-27-20(17-7-5-12-25-15-17)19(22(29)23(27)30)21(28)16-8-10-18(24)11-9-16/h5,7-12,15,20,28H,3-4,6,13-14H2,1-2H3/b21-19-. The van der Waals surface area contributed by atoms with Crippen molar-refractivity contribution >= 4 is 29.1 Å². The van der Waals surface area contributed by atoms with E-state index in [9.17, 15) is 14.7 Å². The van der Waals surface area contributed by atoms with Crippen molar-refractivity contribution < 1.29 is 14.7 Å². The fraction of sp³-hybridized carbons (Fsp3) is 0.348. The van der Waals surface area contributed by atoms with Crippen molar-refractivity contribution in [3.63, 3.8) is 0 Å². The lowest BCUT2D eigenvalue weighted by molar-refractivity contribution is -0.140. The van der Waals surface area contributed by atoms with E-state index >= 15 is 0 Å². The van der Waals surface area contributed by atoms with Crippen molar-refractivity contribution in [1.29, 1.82) is 0 Å². The van der Waals surface area contributed by atoms with Crippen molar-refractivity contribution in [2.75, 3.05) is 26.2 Å². The van der Waals surface area contributed by atoms with Gasteiger partial charge in [-0.1, -0.05) is 31.5 Å². The quantitative estimate of drug-likeness (QED) is 0.393. The van der Waals surface area contributed by atoms with E-state index in [-0.39, 0.29) is 11.3 Å². The van der Waals surface area contributed by atoms with Gasteiger partial charge in [-0.25, -0.2) is 0 Å². The van der Waals surface area contributed by atoms with Crippen LogP contribution in [0.5, 0.6) is 0 Å². The number of aromatic nitrogens is 1. The van der Waals surface area contributed by atoms with E-state index in [2.05, 4.69) is 23.7 Å². The van der Waals surface area contributed by atoms with Crippen LogP contribution >= 0.6 is 11.6 Å². The molecule has 1 aliphatic rings. The highest BCUT2D eigenvalue weighted by Crippen LogP contribution is 2.39. The zero-order valence-electron chi connectivity index (χ0n) is 17.2. The molecule has 1 aromatic heterocycles. The molecule has 1 aliphatic heterocycles. The lowest BCUT2D eigenvalue weighted by Gasteiger charge is -2.26. The number of pyridine rings is 1. The van der Waals surface area contributed by atoms with Crippen LogP contribution in [-0.2, 0) is 9.59 Å². The largest absolute Gasteiger partial charge is 0.507 e. The number of amides is 1. The van der Waals surface area contributed by atoms with Gasteiger partial charge in [0.1, 0.15) is 5.76 Å². The number of aliphatic hydroxyl groups is 1. The molecular formula is C23H26ClN3O3. The highest BCUT2D eigenvalue weighted by molar-refractivity contribution is 6.46. The molecule has 0 spiro atoms. The molecule has 0 radical (unpaired) electrons. The number of ketones is 1. The Labute approximate surface area is 181 Å². The Morgan fingerprint density at radius 3 is 2.47 bits per heavy atom. The average Bonchev–Trinajstić information content (AvgIpc) is 3.02. The van der Waals surface area contributed by atoms with Gasteiger partial charge in [0, 0.05) is 29.5 Å². The van der Waals surface area contributed by atoms with Crippen LogP contribution < -0.4 is 0 Å². The predicted molar refractivity (Wildman–Crippen MR) is 117 cm³/mol. The van der Waals surface area contributed by atoms with Crippen LogP contribution in [0.2, 0.25) is 5.02 Å². The third-order valence-corrected chi connectivity index (χ3v) is 5.68. The van der Waals surface area contributed by atoms with Crippen LogP contribution in [0.15, 0.2) is 54.4 Å². The Hall–Kier alpha value is -2.70. The molecule has 158 valence electrons. The summed E-state index contributed by atoms with van der Waals surface area (Å²) in [6.07, 6.45) is 3.99. The predicted octanol–water partition coefficient (Wildman–Crippen LogP) is 3.89. The molecule has 1 unspecified atom stereocenters. The Morgan fingerprint density at radius 1 is 1.17 bits per heavy atom. The molecule has 1 fully saturated rings. The molecule has 1 saturated heterocycles. The van der Waals surface area contributed by atoms with Crippen LogP contribution in [0.4, 0.5) is 0 Å². The van der Waals surface area contributed by atoms with Crippen LogP contribution in [-0.4, -0.2) is 57.8 Å². The first-order valence-corrected chi connectivity index (χ1v) is 10.5. The number of benzene rings is 1. The van der Waals surface area contributed by atoms with Crippen molar-refractivity contribution in [1.82, 2.24) is 14.8 Å². The Bertz CT molecular complexity index is 924. The maximum Gasteiger partial charge on any atom is 0.295 e. The van der Waals surface area contributed by atoms with Gasteiger partial charge in [-0.3, -0.25) is 14.6 Å². The smallest absolute Gasteiger partial charge is 0.295 e. The molecular weight excluding hydrogens is 402 g/mol. The lowest BCUT2D eigenvalue weighted by atomic mass is 9.96. The van der Waals surface area contributed by atoms with Crippen LogP contribution in [0.3, 0.4) is 0 Å². The summed E-state index contributed by atoms with van der Waals surface area (Å²) in [5.41, 5.74) is 1.21. The van der Waals surface area contributed by atoms with Gasteiger partial charge in [0.25, 0.3) is 11.7 Å². The van der Waals surface area contributed by atoms with Crippen LogP contribution in [0.25, 0.3) is 5.76 Å². The van der Waals surface area contributed by atoms with E-state index in [1.165, 1.54) is 0 Å². The average molecular weight is 428 g/mol. The Morgan fingerprint density at radius 2 is 1.87 bits per heavy atom. The van der Waals surface area contributed by atoms with Gasteiger partial charge in [0.2, 0.25) is 0 Å².